The third-order valence-corrected chi connectivity index (χ3v) is 1.91. The number of nitrogens with zero attached hydrogens (tertiary/aromatic N) is 1. The van der Waals surface area contributed by atoms with Gasteiger partial charge in [-0.15, -0.1) is 0 Å². The molecule has 0 fully saturated rings. The van der Waals surface area contributed by atoms with E-state index in [1.54, 1.807) is 6.92 Å². The zero-order valence-corrected chi connectivity index (χ0v) is 7.96. The van der Waals surface area contributed by atoms with E-state index in [9.17, 15) is 9.59 Å². The number of hydrogen-bond donors (Lipinski definition) is 1. The molecule has 1 N–H and O–H groups in total. The Balaban J connectivity index is 3.21. The molecule has 4 heteroatoms. The molecule has 0 saturated carbocycles. The van der Waals surface area contributed by atoms with Crippen LogP contribution in [0.15, 0.2) is 15.7 Å². The summed E-state index contributed by atoms with van der Waals surface area (Å²) in [6, 6.07) is 1.49. The molecule has 0 amide bonds. The topological polar surface area (TPSA) is 54.9 Å². The molecule has 0 aromatic carbocycles. The molecule has 0 unspecified atom stereocenters. The molecule has 0 bridgehead atoms. The number of nitrogens with one attached hydrogen (secondary N) is 1. The summed E-state index contributed by atoms with van der Waals surface area (Å²) >= 11 is 0. The summed E-state index contributed by atoms with van der Waals surface area (Å²) in [6.45, 7) is 4.19. The van der Waals surface area contributed by atoms with Crippen molar-refractivity contribution in [2.75, 3.05) is 0 Å². The lowest BCUT2D eigenvalue weighted by atomic mass is 10.2. The molecule has 72 valence electrons. The van der Waals surface area contributed by atoms with Gasteiger partial charge in [-0.25, -0.2) is 4.79 Å². The number of hydrogen-bond acceptors (Lipinski definition) is 2. The van der Waals surface area contributed by atoms with E-state index in [4.69, 9.17) is 0 Å². The van der Waals surface area contributed by atoms with E-state index in [0.717, 1.165) is 18.5 Å². The molecule has 0 atom stereocenters. The molecular formula is C9H14N2O2. The van der Waals surface area contributed by atoms with E-state index in [2.05, 4.69) is 4.98 Å². The van der Waals surface area contributed by atoms with Gasteiger partial charge in [0.05, 0.1) is 0 Å². The normalized spacial score (nSPS) is 10.3. The maximum absolute atomic E-state index is 11.3. The van der Waals surface area contributed by atoms with E-state index in [1.807, 2.05) is 6.92 Å². The fourth-order valence-electron chi connectivity index (χ4n) is 1.27. The van der Waals surface area contributed by atoms with E-state index < -0.39 is 0 Å². The molecule has 13 heavy (non-hydrogen) atoms. The van der Waals surface area contributed by atoms with Crippen molar-refractivity contribution in [3.8, 4) is 0 Å². The van der Waals surface area contributed by atoms with Gasteiger partial charge in [0.15, 0.2) is 0 Å². The number of aromatic amines is 1. The summed E-state index contributed by atoms with van der Waals surface area (Å²) in [4.78, 5) is 25.3. The SMILES string of the molecule is CCCc1cc(=O)n(CC)c(=O)[nH]1. The molecule has 1 heterocycles. The molecule has 0 aliphatic heterocycles. The largest absolute Gasteiger partial charge is 0.328 e. The minimum absolute atomic E-state index is 0.213. The van der Waals surface area contributed by atoms with Gasteiger partial charge in [-0.2, -0.15) is 0 Å². The lowest BCUT2D eigenvalue weighted by molar-refractivity contribution is 0.659. The van der Waals surface area contributed by atoms with Crippen LogP contribution in [0.25, 0.3) is 0 Å². The van der Waals surface area contributed by atoms with Gasteiger partial charge >= 0.3 is 5.69 Å². The summed E-state index contributed by atoms with van der Waals surface area (Å²) in [5, 5.41) is 0. The van der Waals surface area contributed by atoms with Crippen molar-refractivity contribution in [2.24, 2.45) is 0 Å². The maximum Gasteiger partial charge on any atom is 0.328 e. The summed E-state index contributed by atoms with van der Waals surface area (Å²) in [5.41, 5.74) is 0.204. The Morgan fingerprint density at radius 1 is 1.38 bits per heavy atom. The molecule has 0 radical (unpaired) electrons. The Kier molecular flexibility index (Phi) is 3.06. The fourth-order valence-corrected chi connectivity index (χ4v) is 1.27. The maximum atomic E-state index is 11.3. The molecule has 0 aliphatic carbocycles. The van der Waals surface area contributed by atoms with Crippen molar-refractivity contribution >= 4 is 0 Å². The first kappa shape index (κ1) is 9.77. The number of aromatic nitrogens is 2. The highest BCUT2D eigenvalue weighted by Crippen LogP contribution is 1.91. The molecular weight excluding hydrogens is 168 g/mol. The third kappa shape index (κ3) is 2.08. The molecule has 0 spiro atoms. The Hall–Kier alpha value is -1.32. The van der Waals surface area contributed by atoms with Crippen LogP contribution in [-0.4, -0.2) is 9.55 Å². The van der Waals surface area contributed by atoms with Crippen LogP contribution in [0.2, 0.25) is 0 Å². The Morgan fingerprint density at radius 3 is 2.54 bits per heavy atom. The van der Waals surface area contributed by atoms with Crippen molar-refractivity contribution in [3.05, 3.63) is 32.6 Å². The van der Waals surface area contributed by atoms with Gasteiger partial charge in [0.25, 0.3) is 5.56 Å². The second kappa shape index (κ2) is 4.07. The van der Waals surface area contributed by atoms with Gasteiger partial charge in [0.1, 0.15) is 0 Å². The van der Waals surface area contributed by atoms with Crippen molar-refractivity contribution in [2.45, 2.75) is 33.2 Å². The van der Waals surface area contributed by atoms with Crippen LogP contribution in [0.5, 0.6) is 0 Å². The number of H-pyrrole nitrogens is 1. The number of rotatable bonds is 3. The van der Waals surface area contributed by atoms with E-state index >= 15 is 0 Å². The fraction of sp³-hybridized carbons (Fsp3) is 0.556. The van der Waals surface area contributed by atoms with Crippen LogP contribution in [0.1, 0.15) is 26.0 Å². The van der Waals surface area contributed by atoms with Crippen molar-refractivity contribution < 1.29 is 0 Å². The number of aryl methyl sites for hydroxylation is 1. The van der Waals surface area contributed by atoms with Gasteiger partial charge in [-0.1, -0.05) is 13.3 Å². The minimum atomic E-state index is -0.307. The van der Waals surface area contributed by atoms with Gasteiger partial charge < -0.3 is 4.98 Å². The molecule has 0 saturated heterocycles. The van der Waals surface area contributed by atoms with Gasteiger partial charge in [0, 0.05) is 18.3 Å². The zero-order valence-electron chi connectivity index (χ0n) is 7.96. The monoisotopic (exact) mass is 182 g/mol. The van der Waals surface area contributed by atoms with Crippen LogP contribution in [0.4, 0.5) is 0 Å². The molecule has 4 nitrogen and oxygen atoms in total. The molecule has 0 aliphatic rings. The highest BCUT2D eigenvalue weighted by atomic mass is 16.2. The van der Waals surface area contributed by atoms with E-state index in [1.165, 1.54) is 10.6 Å². The lowest BCUT2D eigenvalue weighted by Crippen LogP contribution is -2.34. The van der Waals surface area contributed by atoms with Crippen LogP contribution < -0.4 is 11.2 Å². The smallest absolute Gasteiger partial charge is 0.311 e. The average Bonchev–Trinajstić information content (AvgIpc) is 2.04. The van der Waals surface area contributed by atoms with Gasteiger partial charge in [0.2, 0.25) is 0 Å². The first-order valence-corrected chi connectivity index (χ1v) is 4.52. The van der Waals surface area contributed by atoms with E-state index in [-0.39, 0.29) is 11.2 Å². The lowest BCUT2D eigenvalue weighted by Gasteiger charge is -2.01. The summed E-state index contributed by atoms with van der Waals surface area (Å²) < 4.78 is 1.18. The summed E-state index contributed by atoms with van der Waals surface area (Å²) in [6.07, 6.45) is 1.67. The highest BCUT2D eigenvalue weighted by molar-refractivity contribution is 4.99. The second-order valence-corrected chi connectivity index (χ2v) is 2.93. The minimum Gasteiger partial charge on any atom is -0.311 e. The average molecular weight is 182 g/mol. The summed E-state index contributed by atoms with van der Waals surface area (Å²) in [5.74, 6) is 0. The third-order valence-electron chi connectivity index (χ3n) is 1.91. The molecule has 1 rings (SSSR count). The van der Waals surface area contributed by atoms with Crippen LogP contribution in [0.3, 0.4) is 0 Å². The zero-order chi connectivity index (χ0) is 9.84. The molecule has 1 aromatic rings. The van der Waals surface area contributed by atoms with Gasteiger partial charge in [-0.3, -0.25) is 9.36 Å². The van der Waals surface area contributed by atoms with Crippen LogP contribution >= 0.6 is 0 Å². The van der Waals surface area contributed by atoms with Gasteiger partial charge in [-0.05, 0) is 13.3 Å². The van der Waals surface area contributed by atoms with Crippen molar-refractivity contribution in [1.29, 1.82) is 0 Å². The Labute approximate surface area is 76.2 Å². The van der Waals surface area contributed by atoms with Crippen LogP contribution in [-0.2, 0) is 13.0 Å². The van der Waals surface area contributed by atoms with E-state index in [0.29, 0.717) is 6.54 Å². The predicted molar refractivity (Wildman–Crippen MR) is 51.0 cm³/mol. The quantitative estimate of drug-likeness (QED) is 0.740. The van der Waals surface area contributed by atoms with Crippen LogP contribution in [0, 0.1) is 0 Å². The summed E-state index contributed by atoms with van der Waals surface area (Å²) in [7, 11) is 0. The van der Waals surface area contributed by atoms with Crippen molar-refractivity contribution in [3.63, 3.8) is 0 Å². The second-order valence-electron chi connectivity index (χ2n) is 2.93. The Bertz CT molecular complexity index is 358. The standard InChI is InChI=1S/C9H14N2O2/c1-3-5-7-6-8(12)11(4-2)9(13)10-7/h6H,3-5H2,1-2H3,(H,10,13). The predicted octanol–water partition coefficient (Wildman–Crippen LogP) is 0.509. The van der Waals surface area contributed by atoms with Crippen molar-refractivity contribution in [1.82, 2.24) is 9.55 Å². The first-order valence-electron chi connectivity index (χ1n) is 4.52. The molecule has 1 aromatic heterocycles. The first-order chi connectivity index (χ1) is 6.19. The highest BCUT2D eigenvalue weighted by Gasteiger charge is 2.00. The Morgan fingerprint density at radius 2 is 2.08 bits per heavy atom.